The monoisotopic (exact) mass is 86.1 g/mol. The summed E-state index contributed by atoms with van der Waals surface area (Å²) in [6.45, 7) is 5.28. The molecule has 1 saturated heterocycles. The van der Waals surface area contributed by atoms with E-state index in [2.05, 4.69) is 13.8 Å². The van der Waals surface area contributed by atoms with Crippen LogP contribution in [0.5, 0.6) is 0 Å². The van der Waals surface area contributed by atoms with Gasteiger partial charge in [-0.25, -0.2) is 0 Å². The summed E-state index contributed by atoms with van der Waals surface area (Å²) in [7, 11) is 0. The Labute approximate surface area is 38.3 Å². The van der Waals surface area contributed by atoms with Crippen LogP contribution >= 0.6 is 0 Å². The summed E-state index contributed by atoms with van der Waals surface area (Å²) < 4.78 is 5.04. The molecule has 0 aliphatic carbocycles. The van der Waals surface area contributed by atoms with Crippen molar-refractivity contribution in [1.29, 1.82) is 0 Å². The van der Waals surface area contributed by atoms with Gasteiger partial charge in [0.2, 0.25) is 0 Å². The molecule has 0 saturated carbocycles. The lowest BCUT2D eigenvalue weighted by atomic mass is 10.0. The van der Waals surface area contributed by atoms with Gasteiger partial charge in [0.25, 0.3) is 0 Å². The van der Waals surface area contributed by atoms with Crippen LogP contribution in [0.4, 0.5) is 0 Å². The topological polar surface area (TPSA) is 9.23 Å². The van der Waals surface area contributed by atoms with Crippen molar-refractivity contribution in [1.82, 2.24) is 0 Å². The van der Waals surface area contributed by atoms with Crippen molar-refractivity contribution in [3.8, 4) is 0 Å². The first-order valence-corrected chi connectivity index (χ1v) is 2.42. The van der Waals surface area contributed by atoms with Crippen LogP contribution in [0.1, 0.15) is 13.8 Å². The minimum Gasteiger partial charge on any atom is -0.378 e. The SMILES string of the molecule is CC1CO[C@@H]1C. The average Bonchev–Trinajstić information content (AvgIpc) is 1.61. The van der Waals surface area contributed by atoms with Crippen LogP contribution in [0, 0.1) is 5.92 Å². The molecule has 0 aromatic carbocycles. The van der Waals surface area contributed by atoms with Crippen LogP contribution in [-0.2, 0) is 4.74 Å². The Kier molecular flexibility index (Phi) is 0.845. The van der Waals surface area contributed by atoms with Crippen molar-refractivity contribution in [3.63, 3.8) is 0 Å². The molecule has 0 aromatic heterocycles. The maximum Gasteiger partial charge on any atom is 0.0594 e. The predicted octanol–water partition coefficient (Wildman–Crippen LogP) is 1.04. The summed E-state index contributed by atoms with van der Waals surface area (Å²) in [5.41, 5.74) is 0. The van der Waals surface area contributed by atoms with E-state index in [9.17, 15) is 0 Å². The molecule has 1 aliphatic rings. The zero-order valence-corrected chi connectivity index (χ0v) is 4.27. The Hall–Kier alpha value is -0.0400. The van der Waals surface area contributed by atoms with Crippen LogP contribution in [-0.4, -0.2) is 12.7 Å². The van der Waals surface area contributed by atoms with Gasteiger partial charge in [0.1, 0.15) is 0 Å². The lowest BCUT2D eigenvalue weighted by Crippen LogP contribution is -2.34. The third kappa shape index (κ3) is 0.432. The van der Waals surface area contributed by atoms with Crippen LogP contribution in [0.2, 0.25) is 0 Å². The zero-order valence-electron chi connectivity index (χ0n) is 4.27. The molecule has 1 heteroatoms. The number of ether oxygens (including phenoxy) is 1. The summed E-state index contributed by atoms with van der Waals surface area (Å²) in [4.78, 5) is 0. The second-order valence-electron chi connectivity index (χ2n) is 2.02. The molecule has 0 bridgehead atoms. The predicted molar refractivity (Wildman–Crippen MR) is 24.6 cm³/mol. The van der Waals surface area contributed by atoms with Crippen molar-refractivity contribution in [3.05, 3.63) is 0 Å². The molecule has 1 aliphatic heterocycles. The van der Waals surface area contributed by atoms with Crippen molar-refractivity contribution in [2.75, 3.05) is 6.61 Å². The normalized spacial score (nSPS) is 45.0. The van der Waals surface area contributed by atoms with Gasteiger partial charge in [-0.2, -0.15) is 0 Å². The van der Waals surface area contributed by atoms with Gasteiger partial charge in [-0.15, -0.1) is 0 Å². The first-order chi connectivity index (χ1) is 2.80. The van der Waals surface area contributed by atoms with Gasteiger partial charge in [0.15, 0.2) is 0 Å². The maximum atomic E-state index is 5.04. The highest BCUT2D eigenvalue weighted by Crippen LogP contribution is 2.17. The molecule has 1 rings (SSSR count). The molecule has 36 valence electrons. The molecule has 1 fully saturated rings. The largest absolute Gasteiger partial charge is 0.378 e. The lowest BCUT2D eigenvalue weighted by Gasteiger charge is -2.30. The van der Waals surface area contributed by atoms with Crippen molar-refractivity contribution in [2.24, 2.45) is 5.92 Å². The smallest absolute Gasteiger partial charge is 0.0594 e. The highest BCUT2D eigenvalue weighted by Gasteiger charge is 2.21. The first kappa shape index (κ1) is 4.13. The third-order valence-electron chi connectivity index (χ3n) is 1.42. The standard InChI is InChI=1S/C5H10O/c1-4-3-6-5(4)2/h4-5H,3H2,1-2H3/t4?,5-/m1/s1. The van der Waals surface area contributed by atoms with Gasteiger partial charge in [-0.3, -0.25) is 0 Å². The van der Waals surface area contributed by atoms with Crippen molar-refractivity contribution < 1.29 is 4.74 Å². The summed E-state index contributed by atoms with van der Waals surface area (Å²) in [5.74, 6) is 0.810. The number of rotatable bonds is 0. The van der Waals surface area contributed by atoms with E-state index in [0.29, 0.717) is 6.10 Å². The van der Waals surface area contributed by atoms with E-state index >= 15 is 0 Å². The highest BCUT2D eigenvalue weighted by molar-refractivity contribution is 4.68. The second kappa shape index (κ2) is 1.23. The molecule has 6 heavy (non-hydrogen) atoms. The van der Waals surface area contributed by atoms with E-state index < -0.39 is 0 Å². The minimum atomic E-state index is 0.532. The molecule has 1 heterocycles. The number of hydrogen-bond acceptors (Lipinski definition) is 1. The van der Waals surface area contributed by atoms with Gasteiger partial charge in [0.05, 0.1) is 12.7 Å². The van der Waals surface area contributed by atoms with Crippen LogP contribution < -0.4 is 0 Å². The molecule has 0 N–H and O–H groups in total. The molecule has 0 amide bonds. The quantitative estimate of drug-likeness (QED) is 0.428. The van der Waals surface area contributed by atoms with E-state index in [1.54, 1.807) is 0 Å². The van der Waals surface area contributed by atoms with Gasteiger partial charge in [-0.1, -0.05) is 6.92 Å². The zero-order chi connectivity index (χ0) is 4.57. The fourth-order valence-electron chi connectivity index (χ4n) is 0.481. The molecule has 0 radical (unpaired) electrons. The fourth-order valence-corrected chi connectivity index (χ4v) is 0.481. The molecule has 1 unspecified atom stereocenters. The molecule has 2 atom stereocenters. The van der Waals surface area contributed by atoms with Crippen molar-refractivity contribution >= 4 is 0 Å². The molecule has 0 spiro atoms. The minimum absolute atomic E-state index is 0.532. The maximum absolute atomic E-state index is 5.04. The lowest BCUT2D eigenvalue weighted by molar-refractivity contribution is -0.0937. The Balaban J connectivity index is 2.20. The molecule has 1 nitrogen and oxygen atoms in total. The molecular weight excluding hydrogens is 76.1 g/mol. The van der Waals surface area contributed by atoms with E-state index in [-0.39, 0.29) is 0 Å². The second-order valence-corrected chi connectivity index (χ2v) is 2.02. The molecular formula is C5H10O. The van der Waals surface area contributed by atoms with Crippen molar-refractivity contribution in [2.45, 2.75) is 20.0 Å². The van der Waals surface area contributed by atoms with Crippen LogP contribution in [0.25, 0.3) is 0 Å². The van der Waals surface area contributed by atoms with Gasteiger partial charge >= 0.3 is 0 Å². The third-order valence-corrected chi connectivity index (χ3v) is 1.42. The number of hydrogen-bond donors (Lipinski definition) is 0. The van der Waals surface area contributed by atoms with E-state index in [0.717, 1.165) is 12.5 Å². The Morgan fingerprint density at radius 1 is 1.50 bits per heavy atom. The van der Waals surface area contributed by atoms with Gasteiger partial charge < -0.3 is 4.74 Å². The van der Waals surface area contributed by atoms with E-state index in [1.807, 2.05) is 0 Å². The van der Waals surface area contributed by atoms with Crippen LogP contribution in [0.3, 0.4) is 0 Å². The van der Waals surface area contributed by atoms with Gasteiger partial charge in [0, 0.05) is 5.92 Å². The summed E-state index contributed by atoms with van der Waals surface area (Å²) in [6.07, 6.45) is 0.532. The summed E-state index contributed by atoms with van der Waals surface area (Å²) >= 11 is 0. The Morgan fingerprint density at radius 3 is 2.00 bits per heavy atom. The fraction of sp³-hybridized carbons (Fsp3) is 1.00. The van der Waals surface area contributed by atoms with Gasteiger partial charge in [-0.05, 0) is 6.92 Å². The first-order valence-electron chi connectivity index (χ1n) is 2.42. The highest BCUT2D eigenvalue weighted by atomic mass is 16.5. The Morgan fingerprint density at radius 2 is 2.00 bits per heavy atom. The average molecular weight is 86.1 g/mol. The summed E-state index contributed by atoms with van der Waals surface area (Å²) in [5, 5.41) is 0. The van der Waals surface area contributed by atoms with Crippen LogP contribution in [0.15, 0.2) is 0 Å². The van der Waals surface area contributed by atoms with E-state index in [1.165, 1.54) is 0 Å². The summed E-state index contributed by atoms with van der Waals surface area (Å²) in [6, 6.07) is 0. The van der Waals surface area contributed by atoms with E-state index in [4.69, 9.17) is 4.74 Å². The molecule has 0 aromatic rings. The Bertz CT molecular complexity index is 43.9.